The summed E-state index contributed by atoms with van der Waals surface area (Å²) in [6.45, 7) is 3.24. The van der Waals surface area contributed by atoms with E-state index in [1.54, 1.807) is 0 Å². The number of nitrogens with zero attached hydrogens (tertiary/aromatic N) is 4. The Morgan fingerprint density at radius 2 is 1.90 bits per heavy atom. The Bertz CT molecular complexity index is 413. The number of tetrazole rings is 1. The van der Waals surface area contributed by atoms with Gasteiger partial charge < -0.3 is 5.32 Å². The molecule has 1 N–H and O–H groups in total. The van der Waals surface area contributed by atoms with E-state index in [-0.39, 0.29) is 0 Å². The largest absolute Gasteiger partial charge is 0.313 e. The number of hydrogen-bond acceptors (Lipinski definition) is 5. The van der Waals surface area contributed by atoms with Gasteiger partial charge in [-0.1, -0.05) is 44.4 Å². The van der Waals surface area contributed by atoms with Crippen LogP contribution in [0.5, 0.6) is 0 Å². The molecular formula is C14H25N5S. The molecular weight excluding hydrogens is 270 g/mol. The van der Waals surface area contributed by atoms with Crippen molar-refractivity contribution in [3.8, 4) is 0 Å². The predicted molar refractivity (Wildman–Crippen MR) is 80.9 cm³/mol. The van der Waals surface area contributed by atoms with E-state index in [1.807, 2.05) is 11.8 Å². The summed E-state index contributed by atoms with van der Waals surface area (Å²) < 4.78 is 2.09. The molecule has 1 heterocycles. The van der Waals surface area contributed by atoms with Crippen molar-refractivity contribution in [3.05, 3.63) is 0 Å². The third-order valence-corrected chi connectivity index (χ3v) is 5.91. The van der Waals surface area contributed by atoms with E-state index in [2.05, 4.69) is 32.4 Å². The lowest BCUT2D eigenvalue weighted by Crippen LogP contribution is -2.40. The molecule has 0 bridgehead atoms. The summed E-state index contributed by atoms with van der Waals surface area (Å²) >= 11 is 1.90. The fourth-order valence-corrected chi connectivity index (χ4v) is 4.84. The van der Waals surface area contributed by atoms with Crippen molar-refractivity contribution in [2.45, 2.75) is 80.8 Å². The Kier molecular flexibility index (Phi) is 4.94. The molecule has 2 saturated carbocycles. The minimum absolute atomic E-state index is 0.536. The maximum Gasteiger partial charge on any atom is 0.209 e. The predicted octanol–water partition coefficient (Wildman–Crippen LogP) is 2.80. The molecule has 0 aliphatic heterocycles. The van der Waals surface area contributed by atoms with E-state index in [9.17, 15) is 0 Å². The summed E-state index contributed by atoms with van der Waals surface area (Å²) in [6.07, 6.45) is 10.4. The van der Waals surface area contributed by atoms with Crippen LogP contribution in [0.25, 0.3) is 0 Å². The maximum absolute atomic E-state index is 4.29. The summed E-state index contributed by atoms with van der Waals surface area (Å²) in [6, 6.07) is 1.15. The smallest absolute Gasteiger partial charge is 0.209 e. The molecule has 2 unspecified atom stereocenters. The van der Waals surface area contributed by atoms with Gasteiger partial charge in [0, 0.05) is 11.3 Å². The molecule has 112 valence electrons. The average Bonchev–Trinajstić information content (AvgIpc) is 3.11. The van der Waals surface area contributed by atoms with E-state index < -0.39 is 0 Å². The van der Waals surface area contributed by atoms with Gasteiger partial charge >= 0.3 is 0 Å². The number of thioether (sulfide) groups is 1. The van der Waals surface area contributed by atoms with Crippen LogP contribution in [0.3, 0.4) is 0 Å². The first kappa shape index (κ1) is 14.3. The molecule has 2 atom stereocenters. The van der Waals surface area contributed by atoms with Crippen molar-refractivity contribution in [1.29, 1.82) is 0 Å². The van der Waals surface area contributed by atoms with Gasteiger partial charge in [0.15, 0.2) is 0 Å². The van der Waals surface area contributed by atoms with Crippen LogP contribution >= 0.6 is 11.8 Å². The van der Waals surface area contributed by atoms with Gasteiger partial charge in [-0.25, -0.2) is 4.68 Å². The first-order valence-corrected chi connectivity index (χ1v) is 8.94. The topological polar surface area (TPSA) is 55.6 Å². The van der Waals surface area contributed by atoms with Gasteiger partial charge in [-0.15, -0.1) is 5.10 Å². The molecule has 1 aromatic heterocycles. The molecule has 0 radical (unpaired) electrons. The molecule has 5 nitrogen and oxygen atoms in total. The zero-order valence-corrected chi connectivity index (χ0v) is 13.1. The zero-order chi connectivity index (χ0) is 13.8. The molecule has 0 aromatic carbocycles. The van der Waals surface area contributed by atoms with Gasteiger partial charge in [-0.05, 0) is 42.7 Å². The molecule has 1 aromatic rings. The van der Waals surface area contributed by atoms with Crippen molar-refractivity contribution >= 4 is 11.8 Å². The number of hydrogen-bond donors (Lipinski definition) is 1. The highest BCUT2D eigenvalue weighted by atomic mass is 32.2. The van der Waals surface area contributed by atoms with Crippen molar-refractivity contribution in [2.24, 2.45) is 0 Å². The first-order chi connectivity index (χ1) is 9.88. The van der Waals surface area contributed by atoms with Gasteiger partial charge in [-0.2, -0.15) is 0 Å². The molecule has 0 saturated heterocycles. The first-order valence-electron chi connectivity index (χ1n) is 8.06. The highest BCUT2D eigenvalue weighted by Crippen LogP contribution is 2.36. The Labute approximate surface area is 125 Å². The van der Waals surface area contributed by atoms with Gasteiger partial charge in [0.1, 0.15) is 0 Å². The Morgan fingerprint density at radius 1 is 1.15 bits per heavy atom. The molecule has 3 rings (SSSR count). The van der Waals surface area contributed by atoms with Gasteiger partial charge in [0.05, 0.1) is 6.04 Å². The summed E-state index contributed by atoms with van der Waals surface area (Å²) in [5, 5.41) is 17.8. The lowest BCUT2D eigenvalue weighted by Gasteiger charge is -2.31. The Morgan fingerprint density at radius 3 is 2.70 bits per heavy atom. The van der Waals surface area contributed by atoms with Crippen LogP contribution < -0.4 is 5.32 Å². The standard InChI is InChI=1S/C14H25N5S/c1-2-15-12-9-5-6-10-13(12)20-14-16-17-18-19(14)11-7-3-4-8-11/h11-13,15H,2-10H2,1H3. The fourth-order valence-electron chi connectivity index (χ4n) is 3.51. The second kappa shape index (κ2) is 6.89. The number of aromatic nitrogens is 4. The summed E-state index contributed by atoms with van der Waals surface area (Å²) in [7, 11) is 0. The van der Waals surface area contributed by atoms with Crippen molar-refractivity contribution in [3.63, 3.8) is 0 Å². The van der Waals surface area contributed by atoms with Crippen LogP contribution in [0.1, 0.15) is 64.3 Å². The molecule has 6 heteroatoms. The van der Waals surface area contributed by atoms with Gasteiger partial charge in [0.2, 0.25) is 5.16 Å². The second-order valence-corrected chi connectivity index (χ2v) is 7.16. The minimum Gasteiger partial charge on any atom is -0.313 e. The van der Waals surface area contributed by atoms with Gasteiger partial charge in [0.25, 0.3) is 0 Å². The lowest BCUT2D eigenvalue weighted by atomic mass is 9.95. The summed E-state index contributed by atoms with van der Waals surface area (Å²) in [5.74, 6) is 0. The number of nitrogens with one attached hydrogen (secondary N) is 1. The second-order valence-electron chi connectivity index (χ2n) is 5.95. The molecule has 20 heavy (non-hydrogen) atoms. The monoisotopic (exact) mass is 295 g/mol. The minimum atomic E-state index is 0.536. The summed E-state index contributed by atoms with van der Waals surface area (Å²) in [4.78, 5) is 0. The van der Waals surface area contributed by atoms with E-state index in [0.29, 0.717) is 17.3 Å². The SMILES string of the molecule is CCNC1CCCCC1Sc1nnnn1C1CCCC1. The van der Waals surface area contributed by atoms with E-state index >= 15 is 0 Å². The van der Waals surface area contributed by atoms with Gasteiger partial charge in [-0.3, -0.25) is 0 Å². The number of rotatable bonds is 5. The molecule has 2 fully saturated rings. The summed E-state index contributed by atoms with van der Waals surface area (Å²) in [5.41, 5.74) is 0. The average molecular weight is 295 g/mol. The molecule has 2 aliphatic carbocycles. The molecule has 0 spiro atoms. The quantitative estimate of drug-likeness (QED) is 0.905. The lowest BCUT2D eigenvalue weighted by molar-refractivity contribution is 0.387. The van der Waals surface area contributed by atoms with Crippen LogP contribution in [0, 0.1) is 0 Å². The van der Waals surface area contributed by atoms with Crippen molar-refractivity contribution in [2.75, 3.05) is 6.54 Å². The highest BCUT2D eigenvalue weighted by molar-refractivity contribution is 7.99. The molecule has 2 aliphatic rings. The Balaban J connectivity index is 1.68. The van der Waals surface area contributed by atoms with E-state index in [4.69, 9.17) is 0 Å². The van der Waals surface area contributed by atoms with Crippen LogP contribution in [-0.2, 0) is 0 Å². The fraction of sp³-hybridized carbons (Fsp3) is 0.929. The Hall–Kier alpha value is -0.620. The van der Waals surface area contributed by atoms with Crippen molar-refractivity contribution < 1.29 is 0 Å². The van der Waals surface area contributed by atoms with E-state index in [1.165, 1.54) is 51.4 Å². The third-order valence-electron chi connectivity index (χ3n) is 4.56. The van der Waals surface area contributed by atoms with Crippen LogP contribution in [0.15, 0.2) is 5.16 Å². The molecule has 0 amide bonds. The third kappa shape index (κ3) is 3.17. The van der Waals surface area contributed by atoms with Crippen LogP contribution in [-0.4, -0.2) is 38.0 Å². The van der Waals surface area contributed by atoms with Crippen molar-refractivity contribution in [1.82, 2.24) is 25.5 Å². The normalized spacial score (nSPS) is 28.1. The van der Waals surface area contributed by atoms with E-state index in [0.717, 1.165) is 11.7 Å². The highest BCUT2D eigenvalue weighted by Gasteiger charge is 2.29. The maximum atomic E-state index is 4.29. The zero-order valence-electron chi connectivity index (χ0n) is 12.3. The van der Waals surface area contributed by atoms with Crippen LogP contribution in [0.2, 0.25) is 0 Å². The van der Waals surface area contributed by atoms with Crippen LogP contribution in [0.4, 0.5) is 0 Å².